The predicted octanol–water partition coefficient (Wildman–Crippen LogP) is 1.94. The van der Waals surface area contributed by atoms with Crippen LogP contribution in [0, 0.1) is 5.82 Å². The van der Waals surface area contributed by atoms with Crippen LogP contribution in [-0.2, 0) is 16.0 Å². The topological polar surface area (TPSA) is 74.6 Å². The molecule has 0 aliphatic heterocycles. The van der Waals surface area contributed by atoms with Crippen LogP contribution in [0.4, 0.5) is 4.39 Å². The maximum Gasteiger partial charge on any atom is 0.307 e. The molecule has 2 N–H and O–H groups in total. The molecule has 0 fully saturated rings. The number of carbonyl (C=O) groups is 2. The minimum atomic E-state index is -1.02. The minimum Gasteiger partial charge on any atom is -0.481 e. The second-order valence-corrected chi connectivity index (χ2v) is 3.41. The third kappa shape index (κ3) is 4.46. The molecule has 5 heteroatoms. The van der Waals surface area contributed by atoms with Crippen LogP contribution in [0.15, 0.2) is 24.3 Å². The van der Waals surface area contributed by atoms with Gasteiger partial charge in [0.25, 0.3) is 0 Å². The smallest absolute Gasteiger partial charge is 0.307 e. The number of rotatable bonds is 5. The van der Waals surface area contributed by atoms with Crippen molar-refractivity contribution in [3.63, 3.8) is 0 Å². The van der Waals surface area contributed by atoms with Crippen LogP contribution < -0.4 is 0 Å². The van der Waals surface area contributed by atoms with Crippen LogP contribution >= 0.6 is 0 Å². The molecule has 0 aliphatic rings. The molecule has 0 unspecified atom stereocenters. The van der Waals surface area contributed by atoms with Crippen molar-refractivity contribution >= 4 is 18.0 Å². The molecular weight excluding hydrogens is 227 g/mol. The number of hydrogen-bond acceptors (Lipinski definition) is 2. The molecule has 0 saturated heterocycles. The quantitative estimate of drug-likeness (QED) is 0.822. The molecule has 0 radical (unpaired) electrons. The highest BCUT2D eigenvalue weighted by atomic mass is 19.1. The Kier molecular flexibility index (Phi) is 4.39. The van der Waals surface area contributed by atoms with Crippen LogP contribution in [0.1, 0.15) is 17.5 Å². The minimum absolute atomic E-state index is 0.191. The van der Waals surface area contributed by atoms with E-state index in [9.17, 15) is 14.0 Å². The SMILES string of the molecule is O=C(O)CC=Cc1cc(F)ccc1CC(=O)O. The van der Waals surface area contributed by atoms with Gasteiger partial charge in [0, 0.05) is 0 Å². The molecule has 0 atom stereocenters. The van der Waals surface area contributed by atoms with Crippen LogP contribution in [0.2, 0.25) is 0 Å². The summed E-state index contributed by atoms with van der Waals surface area (Å²) in [5.74, 6) is -2.52. The van der Waals surface area contributed by atoms with Crippen molar-refractivity contribution in [2.24, 2.45) is 0 Å². The molecule has 0 spiro atoms. The Morgan fingerprint density at radius 2 is 1.94 bits per heavy atom. The van der Waals surface area contributed by atoms with Crippen molar-refractivity contribution in [1.29, 1.82) is 0 Å². The molecule has 0 saturated carbocycles. The van der Waals surface area contributed by atoms with Crippen molar-refractivity contribution in [2.45, 2.75) is 12.8 Å². The summed E-state index contributed by atoms with van der Waals surface area (Å²) in [5.41, 5.74) is 0.828. The fraction of sp³-hybridized carbons (Fsp3) is 0.167. The second kappa shape index (κ2) is 5.79. The molecular formula is C12H11FO4. The Morgan fingerprint density at radius 1 is 1.24 bits per heavy atom. The van der Waals surface area contributed by atoms with E-state index in [4.69, 9.17) is 10.2 Å². The summed E-state index contributed by atoms with van der Waals surface area (Å²) in [5, 5.41) is 17.1. The van der Waals surface area contributed by atoms with E-state index in [1.807, 2.05) is 0 Å². The number of halogens is 1. The van der Waals surface area contributed by atoms with Crippen molar-refractivity contribution in [3.05, 3.63) is 41.2 Å². The Hall–Kier alpha value is -2.17. The first-order chi connectivity index (χ1) is 7.99. The van der Waals surface area contributed by atoms with Gasteiger partial charge in [0.05, 0.1) is 12.8 Å². The van der Waals surface area contributed by atoms with Crippen LogP contribution in [0.5, 0.6) is 0 Å². The van der Waals surface area contributed by atoms with Gasteiger partial charge >= 0.3 is 11.9 Å². The number of aliphatic carboxylic acids is 2. The standard InChI is InChI=1S/C12H11FO4/c13-10-5-4-9(7-12(16)17)8(6-10)2-1-3-11(14)15/h1-2,4-6H,3,7H2,(H,14,15)(H,16,17). The van der Waals surface area contributed by atoms with Gasteiger partial charge in [-0.25, -0.2) is 4.39 Å². The molecule has 17 heavy (non-hydrogen) atoms. The lowest BCUT2D eigenvalue weighted by Crippen LogP contribution is -2.02. The maximum atomic E-state index is 13.0. The van der Waals surface area contributed by atoms with Gasteiger partial charge in [0.15, 0.2) is 0 Å². The maximum absolute atomic E-state index is 13.0. The van der Waals surface area contributed by atoms with Crippen molar-refractivity contribution in [3.8, 4) is 0 Å². The summed E-state index contributed by atoms with van der Waals surface area (Å²) in [6.07, 6.45) is 2.34. The first-order valence-corrected chi connectivity index (χ1v) is 4.87. The van der Waals surface area contributed by atoms with Crippen molar-refractivity contribution in [1.82, 2.24) is 0 Å². The molecule has 1 aromatic carbocycles. The van der Waals surface area contributed by atoms with Crippen molar-refractivity contribution < 1.29 is 24.2 Å². The third-order valence-corrected chi connectivity index (χ3v) is 2.04. The predicted molar refractivity (Wildman–Crippen MR) is 59.0 cm³/mol. The average Bonchev–Trinajstić information content (AvgIpc) is 2.21. The van der Waals surface area contributed by atoms with Gasteiger partial charge in [-0.1, -0.05) is 18.2 Å². The first kappa shape index (κ1) is 12.9. The van der Waals surface area contributed by atoms with Gasteiger partial charge in [-0.15, -0.1) is 0 Å². The first-order valence-electron chi connectivity index (χ1n) is 4.87. The molecule has 4 nitrogen and oxygen atoms in total. The van der Waals surface area contributed by atoms with Gasteiger partial charge in [-0.3, -0.25) is 9.59 Å². The zero-order valence-electron chi connectivity index (χ0n) is 8.89. The van der Waals surface area contributed by atoms with Crippen LogP contribution in [0.3, 0.4) is 0 Å². The van der Waals surface area contributed by atoms with E-state index in [1.54, 1.807) is 0 Å². The summed E-state index contributed by atoms with van der Waals surface area (Å²) in [6.45, 7) is 0. The van der Waals surface area contributed by atoms with E-state index >= 15 is 0 Å². The number of carboxylic acids is 2. The highest BCUT2D eigenvalue weighted by Gasteiger charge is 2.06. The fourth-order valence-electron chi connectivity index (χ4n) is 1.33. The summed E-state index contributed by atoms with van der Waals surface area (Å²) in [7, 11) is 0. The Bertz CT molecular complexity index is 466. The molecule has 0 amide bonds. The summed E-state index contributed by atoms with van der Waals surface area (Å²) >= 11 is 0. The van der Waals surface area contributed by atoms with E-state index in [2.05, 4.69) is 0 Å². The van der Waals surface area contributed by atoms with E-state index in [-0.39, 0.29) is 12.8 Å². The number of benzene rings is 1. The second-order valence-electron chi connectivity index (χ2n) is 3.41. The van der Waals surface area contributed by atoms with Crippen molar-refractivity contribution in [2.75, 3.05) is 0 Å². The van der Waals surface area contributed by atoms with Gasteiger partial charge in [0.2, 0.25) is 0 Å². The van der Waals surface area contributed by atoms with E-state index < -0.39 is 17.8 Å². The van der Waals surface area contributed by atoms with Gasteiger partial charge in [0.1, 0.15) is 5.82 Å². The zero-order chi connectivity index (χ0) is 12.8. The lowest BCUT2D eigenvalue weighted by atomic mass is 10.0. The molecule has 1 rings (SSSR count). The molecule has 0 bridgehead atoms. The van der Waals surface area contributed by atoms with Crippen LogP contribution in [0.25, 0.3) is 6.08 Å². The van der Waals surface area contributed by atoms with Crippen LogP contribution in [-0.4, -0.2) is 22.2 Å². The van der Waals surface area contributed by atoms with Gasteiger partial charge in [-0.2, -0.15) is 0 Å². The van der Waals surface area contributed by atoms with Gasteiger partial charge in [-0.05, 0) is 23.3 Å². The van der Waals surface area contributed by atoms with Gasteiger partial charge < -0.3 is 10.2 Å². The van der Waals surface area contributed by atoms with E-state index in [0.717, 1.165) is 0 Å². The van der Waals surface area contributed by atoms with E-state index in [1.165, 1.54) is 30.4 Å². The summed E-state index contributed by atoms with van der Waals surface area (Å²) < 4.78 is 13.0. The monoisotopic (exact) mass is 238 g/mol. The third-order valence-electron chi connectivity index (χ3n) is 2.04. The number of hydrogen-bond donors (Lipinski definition) is 2. The molecule has 1 aromatic rings. The lowest BCUT2D eigenvalue weighted by Gasteiger charge is -2.03. The fourth-order valence-corrected chi connectivity index (χ4v) is 1.33. The molecule has 0 aromatic heterocycles. The Morgan fingerprint density at radius 3 is 2.53 bits per heavy atom. The normalized spacial score (nSPS) is 10.6. The van der Waals surface area contributed by atoms with E-state index in [0.29, 0.717) is 11.1 Å². The molecule has 90 valence electrons. The Labute approximate surface area is 97.0 Å². The largest absolute Gasteiger partial charge is 0.481 e. The zero-order valence-corrected chi connectivity index (χ0v) is 8.89. The Balaban J connectivity index is 2.94. The summed E-state index contributed by atoms with van der Waals surface area (Å²) in [6, 6.07) is 3.73. The summed E-state index contributed by atoms with van der Waals surface area (Å²) in [4.78, 5) is 20.9. The highest BCUT2D eigenvalue weighted by Crippen LogP contribution is 2.14. The average molecular weight is 238 g/mol. The molecule has 0 aliphatic carbocycles. The lowest BCUT2D eigenvalue weighted by molar-refractivity contribution is -0.137. The number of carboxylic acid groups (broad SMARTS) is 2. The highest BCUT2D eigenvalue weighted by molar-refractivity contribution is 5.74. The molecule has 0 heterocycles.